The third-order valence-electron chi connectivity index (χ3n) is 19.8. The van der Waals surface area contributed by atoms with E-state index in [1.54, 1.807) is 48.8 Å². The molecule has 8 saturated carbocycles. The Labute approximate surface area is 468 Å². The maximum absolute atomic E-state index is 10.6. The van der Waals surface area contributed by atoms with Crippen LogP contribution in [0.5, 0.6) is 0 Å². The minimum absolute atomic E-state index is 0.0378. The first-order valence-corrected chi connectivity index (χ1v) is 28.3. The van der Waals surface area contributed by atoms with Crippen LogP contribution in [0.25, 0.3) is 55.8 Å². The highest BCUT2D eigenvalue weighted by atomic mass is 16.3. The number of fused-ring (bicyclic) bond motifs is 3. The molecule has 8 aromatic rings. The SMILES string of the molecule is [2H]C([2H])C12CC3CC4(CCc5ccc(nc5)-c5ccc(cc5)CCC56CC7CC(C5)(CC(C([2H])([2H])C([2H])([2H])c5ccc(-c8ccc(C)cn8)c8oc9nc(C)ccc9c58)(C7)C6)C([2H])([2H])C([2H])([2H])c5ccc(cc5)-c5ccc(cn5)CC([2H])([2H])C(C3)(C4)C1)C2. The molecule has 0 radical (unpaired) electrons. The molecule has 8 atom stereocenters. The van der Waals surface area contributed by atoms with Crippen LogP contribution in [0.15, 0.2) is 132 Å². The highest BCUT2D eigenvalue weighted by molar-refractivity contribution is 6.10. The Morgan fingerprint density at radius 2 is 1.18 bits per heavy atom. The lowest BCUT2D eigenvalue weighted by Crippen LogP contribution is -2.57. The minimum Gasteiger partial charge on any atom is -0.437 e. The standard InChI is InChI=1S/C71H76N4O/c1-47-4-19-62(72-38-47)58-18-16-57(63-59-17-5-48(2)75-65(59)76-64(58)63)26-31-71-37-54-35-69(45-71)27-22-49-6-12-55(13-7-49)60-20-10-51(39-73-60)24-29-67-33-53-32-66(3,41-67)42-68(34-53,43-67)30-25-52-11-21-61(74-40-52)56-14-8-50(9-15-56)23-28-70(36-54,44-69)46-71/h4-21,38-40,53-54H,22-37,41-46H2,1-3H3/i3D2,22D2,26D2,27D2,29D2,31D2. The normalized spacial score (nSPS) is 36.2. The maximum Gasteiger partial charge on any atom is 0.227 e. The second-order valence-corrected chi connectivity index (χ2v) is 25.9. The van der Waals surface area contributed by atoms with Gasteiger partial charge in [-0.1, -0.05) is 79.7 Å². The van der Waals surface area contributed by atoms with Crippen LogP contribution in [0, 0.1) is 58.2 Å². The molecule has 386 valence electrons. The Kier molecular flexibility index (Phi) is 8.36. The Morgan fingerprint density at radius 3 is 1.89 bits per heavy atom. The zero-order chi connectivity index (χ0) is 61.5. The van der Waals surface area contributed by atoms with Gasteiger partial charge in [0.05, 0.1) is 17.1 Å². The van der Waals surface area contributed by atoms with Crippen molar-refractivity contribution >= 4 is 22.1 Å². The van der Waals surface area contributed by atoms with Gasteiger partial charge in [-0.25, -0.2) is 4.98 Å². The summed E-state index contributed by atoms with van der Waals surface area (Å²) >= 11 is 0. The van der Waals surface area contributed by atoms with E-state index in [1.807, 2.05) is 56.4 Å². The van der Waals surface area contributed by atoms with E-state index >= 15 is 0 Å². The molecule has 15 aliphatic rings. The van der Waals surface area contributed by atoms with E-state index in [-0.39, 0.29) is 41.2 Å². The van der Waals surface area contributed by atoms with Gasteiger partial charge in [-0.15, -0.1) is 0 Å². The number of rotatable bonds is 4. The van der Waals surface area contributed by atoms with Crippen molar-refractivity contribution in [3.63, 3.8) is 0 Å². The molecule has 5 aromatic heterocycles. The van der Waals surface area contributed by atoms with Gasteiger partial charge < -0.3 is 4.42 Å². The summed E-state index contributed by atoms with van der Waals surface area (Å²) in [7, 11) is 0. The van der Waals surface area contributed by atoms with Gasteiger partial charge in [0.2, 0.25) is 5.71 Å². The zero-order valence-corrected chi connectivity index (χ0v) is 44.1. The molecule has 5 heteroatoms. The van der Waals surface area contributed by atoms with Gasteiger partial charge in [0, 0.05) is 68.2 Å². The van der Waals surface area contributed by atoms with Gasteiger partial charge in [0.25, 0.3) is 0 Å². The zero-order valence-electron chi connectivity index (χ0n) is 56.1. The van der Waals surface area contributed by atoms with Crippen LogP contribution in [0.1, 0.15) is 171 Å². The van der Waals surface area contributed by atoms with E-state index < -0.39 is 65.8 Å². The highest BCUT2D eigenvalue weighted by Crippen LogP contribution is 2.74. The molecule has 3 aromatic carbocycles. The third kappa shape index (κ3) is 8.47. The molecule has 4 aliphatic heterocycles. The number of aryl methyl sites for hydroxylation is 7. The van der Waals surface area contributed by atoms with Crippen molar-refractivity contribution in [3.8, 4) is 33.8 Å². The van der Waals surface area contributed by atoms with Gasteiger partial charge in [-0.3, -0.25) is 15.0 Å². The van der Waals surface area contributed by atoms with Crippen LogP contribution in [0.3, 0.4) is 0 Å². The second-order valence-electron chi connectivity index (χ2n) is 25.9. The summed E-state index contributed by atoms with van der Waals surface area (Å²) in [5, 5.41) is 0.982. The molecule has 8 unspecified atom stereocenters. The summed E-state index contributed by atoms with van der Waals surface area (Å²) < 4.78 is 127. The minimum atomic E-state index is -2.67. The number of benzene rings is 3. The highest BCUT2D eigenvalue weighted by Gasteiger charge is 2.63. The molecule has 9 heterocycles. The monoisotopic (exact) mass is 1010 g/mol. The van der Waals surface area contributed by atoms with E-state index in [2.05, 4.69) is 36.4 Å². The van der Waals surface area contributed by atoms with Gasteiger partial charge in [-0.2, -0.15) is 0 Å². The van der Waals surface area contributed by atoms with Crippen LogP contribution in [-0.4, -0.2) is 19.9 Å². The third-order valence-corrected chi connectivity index (χ3v) is 19.8. The van der Waals surface area contributed by atoms with Crippen molar-refractivity contribution in [3.05, 3.63) is 167 Å². The largest absolute Gasteiger partial charge is 0.437 e. The lowest BCUT2D eigenvalue weighted by Gasteiger charge is -2.67. The quantitative estimate of drug-likeness (QED) is 0.176. The van der Waals surface area contributed by atoms with Crippen molar-refractivity contribution in [1.82, 2.24) is 19.9 Å². The lowest BCUT2D eigenvalue weighted by molar-refractivity contribution is -0.166. The van der Waals surface area contributed by atoms with Gasteiger partial charge >= 0.3 is 0 Å². The van der Waals surface area contributed by atoms with Crippen molar-refractivity contribution < 1.29 is 20.9 Å². The average Bonchev–Trinajstić information content (AvgIpc) is 0.812. The summed E-state index contributed by atoms with van der Waals surface area (Å²) in [6.45, 7) is 2.79. The molecule has 8 fully saturated rings. The smallest absolute Gasteiger partial charge is 0.227 e. The van der Waals surface area contributed by atoms with Gasteiger partial charge in [-0.05, 0) is 269 Å². The molecule has 0 saturated heterocycles. The van der Waals surface area contributed by atoms with Crippen LogP contribution in [0.4, 0.5) is 0 Å². The maximum atomic E-state index is 10.6. The molecular weight excluding hydrogens is 925 g/mol. The molecule has 11 aliphatic carbocycles. The molecule has 0 amide bonds. The topological polar surface area (TPSA) is 64.7 Å². The Bertz CT molecular complexity index is 4060. The second kappa shape index (κ2) is 17.5. The van der Waals surface area contributed by atoms with Crippen molar-refractivity contribution in [2.75, 3.05) is 0 Å². The average molecular weight is 1010 g/mol. The van der Waals surface area contributed by atoms with Crippen molar-refractivity contribution in [2.24, 2.45) is 44.3 Å². The molecule has 16 bridgehead atoms. The Balaban J connectivity index is 0.817. The molecule has 0 N–H and O–H groups in total. The summed E-state index contributed by atoms with van der Waals surface area (Å²) in [4.78, 5) is 19.3. The summed E-state index contributed by atoms with van der Waals surface area (Å²) in [5.41, 5.74) is 5.11. The molecule has 4 spiro atoms. The van der Waals surface area contributed by atoms with E-state index in [1.165, 1.54) is 0 Å². The fraction of sp³-hybridized carbons (Fsp3) is 0.465. The summed E-state index contributed by atoms with van der Waals surface area (Å²) in [5.74, 6) is 0.0789. The van der Waals surface area contributed by atoms with Crippen LogP contribution in [-0.2, 0) is 32.0 Å². The number of furan rings is 1. The number of pyridine rings is 4. The van der Waals surface area contributed by atoms with E-state index in [4.69, 9.17) is 27.1 Å². The first-order valence-electron chi connectivity index (χ1n) is 34.5. The predicted octanol–water partition coefficient (Wildman–Crippen LogP) is 17.8. The van der Waals surface area contributed by atoms with Crippen molar-refractivity contribution in [1.29, 1.82) is 0 Å². The van der Waals surface area contributed by atoms with Gasteiger partial charge in [0.15, 0.2) is 0 Å². The number of aromatic nitrogens is 4. The van der Waals surface area contributed by atoms with Crippen molar-refractivity contribution in [2.45, 2.75) is 162 Å². The first kappa shape index (κ1) is 36.2. The number of hydrogen-bond donors (Lipinski definition) is 0. The number of hydrogen-bond acceptors (Lipinski definition) is 5. The molecule has 23 rings (SSSR count). The van der Waals surface area contributed by atoms with Crippen LogP contribution < -0.4 is 0 Å². The Hall–Kier alpha value is -5.94. The van der Waals surface area contributed by atoms with Crippen LogP contribution in [0.2, 0.25) is 0 Å². The molecular formula is C71H76N4O. The fourth-order valence-corrected chi connectivity index (χ4v) is 17.7. The lowest BCUT2D eigenvalue weighted by atomic mass is 9.37. The van der Waals surface area contributed by atoms with E-state index in [0.717, 1.165) is 78.5 Å². The van der Waals surface area contributed by atoms with Crippen LogP contribution >= 0.6 is 0 Å². The molecule has 5 nitrogen and oxygen atoms in total. The van der Waals surface area contributed by atoms with Gasteiger partial charge in [0.1, 0.15) is 5.58 Å². The summed E-state index contributed by atoms with van der Waals surface area (Å²) in [6, 6.07) is 34.3. The number of nitrogens with zero attached hydrogens (tertiary/aromatic N) is 4. The van der Waals surface area contributed by atoms with E-state index in [0.29, 0.717) is 102 Å². The first-order chi connectivity index (χ1) is 41.6. The predicted molar refractivity (Wildman–Crippen MR) is 308 cm³/mol. The molecule has 76 heavy (non-hydrogen) atoms. The van der Waals surface area contributed by atoms with E-state index in [9.17, 15) is 13.7 Å². The summed E-state index contributed by atoms with van der Waals surface area (Å²) in [6.07, 6.45) is 3.14. The fourth-order valence-electron chi connectivity index (χ4n) is 17.7. The Morgan fingerprint density at radius 1 is 0.566 bits per heavy atom.